The van der Waals surface area contributed by atoms with Crippen LogP contribution in [-0.2, 0) is 12.7 Å². The van der Waals surface area contributed by atoms with Crippen molar-refractivity contribution in [2.24, 2.45) is 5.73 Å². The van der Waals surface area contributed by atoms with Gasteiger partial charge in [-0.1, -0.05) is 87.1 Å². The van der Waals surface area contributed by atoms with E-state index in [-0.39, 0.29) is 5.82 Å². The topological polar surface area (TPSA) is 72.9 Å². The number of rotatable bonds is 4. The van der Waals surface area contributed by atoms with Gasteiger partial charge in [-0.05, 0) is 35.9 Å². The number of carbonyl (C=O) groups excluding carboxylic acids is 1. The summed E-state index contributed by atoms with van der Waals surface area (Å²) in [6, 6.07) is 21.6. The highest BCUT2D eigenvalue weighted by Crippen LogP contribution is 2.32. The van der Waals surface area contributed by atoms with E-state index in [9.17, 15) is 22.4 Å². The van der Waals surface area contributed by atoms with Gasteiger partial charge in [0.2, 0.25) is 0 Å². The second kappa shape index (κ2) is 14.0. The van der Waals surface area contributed by atoms with Crippen LogP contribution in [0, 0.1) is 5.82 Å². The van der Waals surface area contributed by atoms with Gasteiger partial charge in [0.15, 0.2) is 0 Å². The first-order valence-electron chi connectivity index (χ1n) is 13.9. The standard InChI is InChI=1S/C16H13FN2O.C11H9F3N2.C6H12/c17-12-7-5-11(6-8-12)9-19-10-14(16(18)20)13-3-1-2-4-15(13)19;1-15-9-6-10(11(12,13)14)16-8-5-3-2-4-7(8)9;1-2-4-6-5-3-1/h1-8,10H,9H2,(H2,18,20);2-6H,1H3,(H,15,16);1-6H2. The van der Waals surface area contributed by atoms with E-state index >= 15 is 0 Å². The van der Waals surface area contributed by atoms with Crippen LogP contribution in [0.1, 0.15) is 60.1 Å². The SMILES string of the molecule is C1CCCCC1.CNc1cc(C(F)(F)F)nc2ccccc12.NC(=O)c1cn(Cc2ccc(F)cc2)c2ccccc12. The highest BCUT2D eigenvalue weighted by atomic mass is 19.4. The maximum atomic E-state index is 12.9. The number of fused-ring (bicyclic) bond motifs is 2. The zero-order valence-electron chi connectivity index (χ0n) is 23.4. The Morgan fingerprint density at radius 3 is 2.02 bits per heavy atom. The van der Waals surface area contributed by atoms with E-state index in [2.05, 4.69) is 10.3 Å². The van der Waals surface area contributed by atoms with Crippen molar-refractivity contribution in [1.82, 2.24) is 9.55 Å². The van der Waals surface area contributed by atoms with E-state index < -0.39 is 17.8 Å². The Kier molecular flexibility index (Phi) is 10.2. The van der Waals surface area contributed by atoms with Gasteiger partial charge in [0.25, 0.3) is 5.91 Å². The number of benzene rings is 3. The van der Waals surface area contributed by atoms with E-state index in [0.717, 1.165) is 22.5 Å². The highest BCUT2D eigenvalue weighted by Gasteiger charge is 2.33. The van der Waals surface area contributed by atoms with Gasteiger partial charge < -0.3 is 15.6 Å². The van der Waals surface area contributed by atoms with Gasteiger partial charge in [0, 0.05) is 41.8 Å². The zero-order chi connectivity index (χ0) is 30.1. The molecule has 9 heteroatoms. The number of nitrogens with one attached hydrogen (secondary N) is 1. The lowest BCUT2D eigenvalue weighted by atomic mass is 10.0. The normalized spacial score (nSPS) is 13.1. The average Bonchev–Trinajstić information content (AvgIpc) is 3.37. The number of nitrogens with zero attached hydrogens (tertiary/aromatic N) is 2. The maximum absolute atomic E-state index is 12.9. The molecular weight excluding hydrogens is 544 g/mol. The van der Waals surface area contributed by atoms with Gasteiger partial charge in [-0.25, -0.2) is 9.37 Å². The molecule has 5 aromatic rings. The van der Waals surface area contributed by atoms with Crippen molar-refractivity contribution in [3.05, 3.63) is 108 Å². The van der Waals surface area contributed by atoms with Crippen molar-refractivity contribution in [2.75, 3.05) is 12.4 Å². The number of alkyl halides is 3. The summed E-state index contributed by atoms with van der Waals surface area (Å²) in [5.41, 5.74) is 7.69. The van der Waals surface area contributed by atoms with Crippen LogP contribution in [0.15, 0.2) is 85.1 Å². The Morgan fingerprint density at radius 2 is 1.45 bits per heavy atom. The summed E-state index contributed by atoms with van der Waals surface area (Å²) < 4.78 is 52.5. The molecule has 42 heavy (non-hydrogen) atoms. The first-order chi connectivity index (χ1) is 20.2. The highest BCUT2D eigenvalue weighted by molar-refractivity contribution is 6.06. The lowest BCUT2D eigenvalue weighted by Gasteiger charge is -2.10. The Balaban J connectivity index is 0.000000164. The number of primary amides is 1. The predicted octanol–water partition coefficient (Wildman–Crippen LogP) is 8.56. The van der Waals surface area contributed by atoms with Crippen molar-refractivity contribution < 1.29 is 22.4 Å². The second-order valence-electron chi connectivity index (χ2n) is 10.1. The molecule has 0 bridgehead atoms. The molecule has 0 spiro atoms. The molecule has 220 valence electrons. The molecule has 0 atom stereocenters. The summed E-state index contributed by atoms with van der Waals surface area (Å²) >= 11 is 0. The van der Waals surface area contributed by atoms with Gasteiger partial charge >= 0.3 is 6.18 Å². The summed E-state index contributed by atoms with van der Waals surface area (Å²) in [4.78, 5) is 15.1. The quantitative estimate of drug-likeness (QED) is 0.210. The molecule has 2 heterocycles. The molecular formula is C33H34F4N4O. The molecule has 1 aliphatic carbocycles. The third-order valence-electron chi connectivity index (χ3n) is 7.10. The Morgan fingerprint density at radius 1 is 0.881 bits per heavy atom. The number of pyridine rings is 1. The minimum absolute atomic E-state index is 0.260. The third-order valence-corrected chi connectivity index (χ3v) is 7.10. The minimum atomic E-state index is -4.42. The summed E-state index contributed by atoms with van der Waals surface area (Å²) in [6.07, 6.45) is 6.33. The Bertz CT molecular complexity index is 1610. The Labute approximate surface area is 242 Å². The number of hydrogen-bond acceptors (Lipinski definition) is 3. The van der Waals surface area contributed by atoms with Gasteiger partial charge in [-0.15, -0.1) is 0 Å². The number of carbonyl (C=O) groups is 1. The molecule has 0 saturated heterocycles. The van der Waals surface area contributed by atoms with Gasteiger partial charge in [-0.3, -0.25) is 4.79 Å². The average molecular weight is 579 g/mol. The maximum Gasteiger partial charge on any atom is 0.433 e. The molecule has 3 aromatic carbocycles. The van der Waals surface area contributed by atoms with Crippen LogP contribution in [0.3, 0.4) is 0 Å². The molecule has 6 rings (SSSR count). The number of halogens is 4. The molecule has 0 aliphatic heterocycles. The van der Waals surface area contributed by atoms with E-state index in [1.165, 1.54) is 50.7 Å². The number of hydrogen-bond donors (Lipinski definition) is 2. The van der Waals surface area contributed by atoms with Crippen LogP contribution in [0.25, 0.3) is 21.8 Å². The first kappa shape index (κ1) is 30.6. The summed E-state index contributed by atoms with van der Waals surface area (Å²) in [5.74, 6) is -0.706. The zero-order valence-corrected chi connectivity index (χ0v) is 23.4. The van der Waals surface area contributed by atoms with E-state index in [4.69, 9.17) is 5.73 Å². The first-order valence-corrected chi connectivity index (χ1v) is 13.9. The smallest absolute Gasteiger partial charge is 0.388 e. The van der Waals surface area contributed by atoms with Crippen molar-refractivity contribution >= 4 is 33.4 Å². The van der Waals surface area contributed by atoms with E-state index in [1.54, 1.807) is 49.6 Å². The summed E-state index contributed by atoms with van der Waals surface area (Å²) in [5, 5.41) is 4.26. The molecule has 2 aromatic heterocycles. The molecule has 0 radical (unpaired) electrons. The molecule has 3 N–H and O–H groups in total. The number of nitrogens with two attached hydrogens (primary N) is 1. The van der Waals surface area contributed by atoms with Gasteiger partial charge in [-0.2, -0.15) is 13.2 Å². The third kappa shape index (κ3) is 7.87. The predicted molar refractivity (Wildman–Crippen MR) is 160 cm³/mol. The fourth-order valence-electron chi connectivity index (χ4n) is 4.95. The largest absolute Gasteiger partial charge is 0.433 e. The minimum Gasteiger partial charge on any atom is -0.388 e. The summed E-state index contributed by atoms with van der Waals surface area (Å²) in [6.45, 7) is 0.564. The molecule has 5 nitrogen and oxygen atoms in total. The lowest BCUT2D eigenvalue weighted by molar-refractivity contribution is -0.140. The van der Waals surface area contributed by atoms with Crippen LogP contribution in [0.2, 0.25) is 0 Å². The molecule has 1 saturated carbocycles. The van der Waals surface area contributed by atoms with Crippen LogP contribution in [0.5, 0.6) is 0 Å². The van der Waals surface area contributed by atoms with Crippen molar-refractivity contribution in [3.8, 4) is 0 Å². The number of para-hydroxylation sites is 2. The Hall–Kier alpha value is -4.40. The lowest BCUT2D eigenvalue weighted by Crippen LogP contribution is -2.10. The van der Waals surface area contributed by atoms with E-state index in [1.807, 2.05) is 28.8 Å². The monoisotopic (exact) mass is 578 g/mol. The van der Waals surface area contributed by atoms with Crippen LogP contribution >= 0.6 is 0 Å². The van der Waals surface area contributed by atoms with Gasteiger partial charge in [0.05, 0.1) is 11.1 Å². The van der Waals surface area contributed by atoms with Crippen molar-refractivity contribution in [3.63, 3.8) is 0 Å². The van der Waals surface area contributed by atoms with Crippen LogP contribution in [-0.4, -0.2) is 22.5 Å². The molecule has 1 fully saturated rings. The van der Waals surface area contributed by atoms with Crippen LogP contribution < -0.4 is 11.1 Å². The number of aromatic nitrogens is 2. The fourth-order valence-corrected chi connectivity index (χ4v) is 4.95. The number of amides is 1. The fraction of sp³-hybridized carbons (Fsp3) is 0.273. The molecule has 1 amide bonds. The summed E-state index contributed by atoms with van der Waals surface area (Å²) in [7, 11) is 1.59. The second-order valence-corrected chi connectivity index (χ2v) is 10.1. The molecule has 0 unspecified atom stereocenters. The van der Waals surface area contributed by atoms with Gasteiger partial charge in [0.1, 0.15) is 11.5 Å². The van der Waals surface area contributed by atoms with Crippen LogP contribution in [0.4, 0.5) is 23.2 Å². The van der Waals surface area contributed by atoms with Crippen molar-refractivity contribution in [1.29, 1.82) is 0 Å². The number of anilines is 1. The van der Waals surface area contributed by atoms with E-state index in [0.29, 0.717) is 28.7 Å². The molecule has 1 aliphatic rings. The van der Waals surface area contributed by atoms with Crippen molar-refractivity contribution in [2.45, 2.75) is 51.2 Å².